The number of amides is 1. The van der Waals surface area contributed by atoms with E-state index >= 15 is 0 Å². The van der Waals surface area contributed by atoms with Crippen molar-refractivity contribution in [2.45, 2.75) is 33.4 Å². The minimum absolute atomic E-state index is 0.0798. The van der Waals surface area contributed by atoms with Gasteiger partial charge in [0.15, 0.2) is 16.9 Å². The summed E-state index contributed by atoms with van der Waals surface area (Å²) < 4.78 is 17.4. The molecule has 2 aromatic carbocycles. The Balaban J connectivity index is 1.75. The second-order valence-electron chi connectivity index (χ2n) is 8.67. The summed E-state index contributed by atoms with van der Waals surface area (Å²) >= 11 is 0. The zero-order valence-electron chi connectivity index (χ0n) is 20.1. The van der Waals surface area contributed by atoms with Gasteiger partial charge in [-0.25, -0.2) is 0 Å². The fraction of sp³-hybridized carbons (Fsp3) is 0.250. The first-order valence-electron chi connectivity index (χ1n) is 11.5. The molecule has 5 rings (SSSR count). The van der Waals surface area contributed by atoms with Crippen LogP contribution in [0, 0.1) is 13.8 Å². The van der Waals surface area contributed by atoms with Crippen molar-refractivity contribution in [2.24, 2.45) is 0 Å². The van der Waals surface area contributed by atoms with E-state index in [2.05, 4.69) is 4.98 Å². The summed E-state index contributed by atoms with van der Waals surface area (Å²) in [6.07, 6.45) is 3.40. The highest BCUT2D eigenvalue weighted by Gasteiger charge is 2.43. The number of pyridine rings is 1. The Labute approximate surface area is 202 Å². The molecule has 7 nitrogen and oxygen atoms in total. The van der Waals surface area contributed by atoms with Crippen molar-refractivity contribution in [1.82, 2.24) is 9.88 Å². The Bertz CT molecular complexity index is 1490. The molecule has 35 heavy (non-hydrogen) atoms. The first kappa shape index (κ1) is 22.7. The molecule has 0 saturated heterocycles. The molecule has 0 N–H and O–H groups in total. The van der Waals surface area contributed by atoms with Crippen LogP contribution in [-0.4, -0.2) is 29.5 Å². The number of ether oxygens (including phenoxy) is 2. The van der Waals surface area contributed by atoms with E-state index in [-0.39, 0.29) is 23.6 Å². The maximum Gasteiger partial charge on any atom is 0.291 e. The van der Waals surface area contributed by atoms with Gasteiger partial charge in [0.25, 0.3) is 5.91 Å². The van der Waals surface area contributed by atoms with E-state index in [1.54, 1.807) is 30.5 Å². The standard InChI is InChI=1S/C28H26N2O5/c1-5-34-21-9-8-19(13-22(21)33-4)24-23-25(31)20-12-16(2)11-17(3)26(20)35-27(23)28(32)30(24)15-18-7-6-10-29-14-18/h6-14,24H,5,15H2,1-4H3. The van der Waals surface area contributed by atoms with E-state index in [0.717, 1.165) is 22.3 Å². The fourth-order valence-electron chi connectivity index (χ4n) is 4.80. The molecule has 1 atom stereocenters. The summed E-state index contributed by atoms with van der Waals surface area (Å²) in [5.74, 6) is 0.874. The van der Waals surface area contributed by atoms with Crippen molar-refractivity contribution in [3.63, 3.8) is 0 Å². The van der Waals surface area contributed by atoms with Crippen LogP contribution < -0.4 is 14.9 Å². The molecule has 0 fully saturated rings. The van der Waals surface area contributed by atoms with Gasteiger partial charge in [-0.2, -0.15) is 0 Å². The molecule has 7 heteroatoms. The summed E-state index contributed by atoms with van der Waals surface area (Å²) in [4.78, 5) is 33.4. The first-order valence-corrected chi connectivity index (χ1v) is 11.5. The third kappa shape index (κ3) is 3.83. The summed E-state index contributed by atoms with van der Waals surface area (Å²) in [6, 6.07) is 12.3. The van der Waals surface area contributed by atoms with Gasteiger partial charge in [0.05, 0.1) is 30.7 Å². The second kappa shape index (κ2) is 8.91. The van der Waals surface area contributed by atoms with E-state index in [1.807, 2.05) is 57.2 Å². The van der Waals surface area contributed by atoms with Gasteiger partial charge in [-0.3, -0.25) is 14.6 Å². The van der Waals surface area contributed by atoms with Gasteiger partial charge in [0.2, 0.25) is 5.76 Å². The number of carbonyl (C=O) groups is 1. The van der Waals surface area contributed by atoms with Crippen molar-refractivity contribution in [2.75, 3.05) is 13.7 Å². The molecule has 0 saturated carbocycles. The lowest BCUT2D eigenvalue weighted by Gasteiger charge is -2.25. The molecule has 0 aliphatic carbocycles. The van der Waals surface area contributed by atoms with Crippen LogP contribution in [0.3, 0.4) is 0 Å². The van der Waals surface area contributed by atoms with Gasteiger partial charge in [-0.05, 0) is 67.3 Å². The van der Waals surface area contributed by atoms with Crippen LogP contribution in [0.5, 0.6) is 11.5 Å². The number of nitrogens with zero attached hydrogens (tertiary/aromatic N) is 2. The van der Waals surface area contributed by atoms with Gasteiger partial charge < -0.3 is 18.8 Å². The largest absolute Gasteiger partial charge is 0.493 e. The second-order valence-corrected chi connectivity index (χ2v) is 8.67. The maximum atomic E-state index is 13.9. The number of aryl methyl sites for hydroxylation is 2. The highest BCUT2D eigenvalue weighted by molar-refractivity contribution is 5.99. The predicted molar refractivity (Wildman–Crippen MR) is 132 cm³/mol. The Morgan fingerprint density at radius 3 is 2.63 bits per heavy atom. The molecular weight excluding hydrogens is 444 g/mol. The summed E-state index contributed by atoms with van der Waals surface area (Å²) in [6.45, 7) is 6.47. The van der Waals surface area contributed by atoms with Gasteiger partial charge in [0.1, 0.15) is 5.58 Å². The van der Waals surface area contributed by atoms with Crippen LogP contribution in [-0.2, 0) is 6.54 Å². The maximum absolute atomic E-state index is 13.9. The zero-order valence-corrected chi connectivity index (χ0v) is 20.1. The number of fused-ring (bicyclic) bond motifs is 2. The number of hydrogen-bond donors (Lipinski definition) is 0. The van der Waals surface area contributed by atoms with E-state index in [1.165, 1.54) is 0 Å². The normalized spacial score (nSPS) is 14.9. The Kier molecular flexibility index (Phi) is 5.76. The van der Waals surface area contributed by atoms with Gasteiger partial charge in [-0.1, -0.05) is 18.2 Å². The van der Waals surface area contributed by atoms with Gasteiger partial charge >= 0.3 is 0 Å². The van der Waals surface area contributed by atoms with Crippen LogP contribution in [0.15, 0.2) is 64.1 Å². The highest BCUT2D eigenvalue weighted by atomic mass is 16.5. The molecule has 2 aromatic heterocycles. The lowest BCUT2D eigenvalue weighted by molar-refractivity contribution is 0.0714. The molecule has 1 unspecified atom stereocenters. The molecule has 0 radical (unpaired) electrons. The number of aromatic nitrogens is 1. The number of methoxy groups -OCH3 is 1. The van der Waals surface area contributed by atoms with E-state index in [4.69, 9.17) is 13.9 Å². The van der Waals surface area contributed by atoms with Crippen molar-refractivity contribution < 1.29 is 18.7 Å². The van der Waals surface area contributed by atoms with Gasteiger partial charge in [0, 0.05) is 18.9 Å². The average Bonchev–Trinajstić information content (AvgIpc) is 3.13. The number of carbonyl (C=O) groups excluding carboxylic acids is 1. The quantitative estimate of drug-likeness (QED) is 0.396. The van der Waals surface area contributed by atoms with Crippen molar-refractivity contribution >= 4 is 16.9 Å². The van der Waals surface area contributed by atoms with E-state index in [9.17, 15) is 9.59 Å². The number of rotatable bonds is 6. The molecule has 3 heterocycles. The monoisotopic (exact) mass is 470 g/mol. The molecule has 4 aromatic rings. The summed E-state index contributed by atoms with van der Waals surface area (Å²) in [5, 5.41) is 0.472. The van der Waals surface area contributed by atoms with Crippen LogP contribution in [0.25, 0.3) is 11.0 Å². The Morgan fingerprint density at radius 1 is 1.09 bits per heavy atom. The van der Waals surface area contributed by atoms with E-state index < -0.39 is 6.04 Å². The average molecular weight is 471 g/mol. The van der Waals surface area contributed by atoms with E-state index in [0.29, 0.717) is 34.6 Å². The molecular formula is C28H26N2O5. The minimum atomic E-state index is -0.649. The molecule has 1 aliphatic heterocycles. The minimum Gasteiger partial charge on any atom is -0.493 e. The van der Waals surface area contributed by atoms with Crippen LogP contribution in [0.1, 0.15) is 51.3 Å². The van der Waals surface area contributed by atoms with Crippen LogP contribution in [0.4, 0.5) is 0 Å². The van der Waals surface area contributed by atoms with Gasteiger partial charge in [-0.15, -0.1) is 0 Å². The lowest BCUT2D eigenvalue weighted by atomic mass is 9.97. The molecule has 1 aliphatic rings. The fourth-order valence-corrected chi connectivity index (χ4v) is 4.80. The van der Waals surface area contributed by atoms with Crippen LogP contribution in [0.2, 0.25) is 0 Å². The predicted octanol–water partition coefficient (Wildman–Crippen LogP) is 4.96. The Morgan fingerprint density at radius 2 is 1.91 bits per heavy atom. The highest BCUT2D eigenvalue weighted by Crippen LogP contribution is 2.42. The summed E-state index contributed by atoms with van der Waals surface area (Å²) in [5.41, 5.74) is 3.93. The number of benzene rings is 2. The molecule has 178 valence electrons. The van der Waals surface area contributed by atoms with Crippen LogP contribution >= 0.6 is 0 Å². The zero-order chi connectivity index (χ0) is 24.7. The number of hydrogen-bond acceptors (Lipinski definition) is 6. The first-order chi connectivity index (χ1) is 16.9. The lowest BCUT2D eigenvalue weighted by Crippen LogP contribution is -2.29. The SMILES string of the molecule is CCOc1ccc(C2c3c(oc4c(C)cc(C)cc4c3=O)C(=O)N2Cc2cccnc2)cc1OC. The smallest absolute Gasteiger partial charge is 0.291 e. The van der Waals surface area contributed by atoms with Crippen molar-refractivity contribution in [1.29, 1.82) is 0 Å². The topological polar surface area (TPSA) is 81.9 Å². The molecule has 0 bridgehead atoms. The summed E-state index contributed by atoms with van der Waals surface area (Å²) in [7, 11) is 1.57. The van der Waals surface area contributed by atoms with Crippen molar-refractivity contribution in [3.05, 3.63) is 98.7 Å². The third-order valence-electron chi connectivity index (χ3n) is 6.28. The molecule has 1 amide bonds. The Hall–Kier alpha value is -4.13. The molecule has 0 spiro atoms. The third-order valence-corrected chi connectivity index (χ3v) is 6.28. The van der Waals surface area contributed by atoms with Crippen molar-refractivity contribution in [3.8, 4) is 11.5 Å².